The molecule has 1 atom stereocenters. The van der Waals surface area contributed by atoms with Gasteiger partial charge in [0.25, 0.3) is 0 Å². The van der Waals surface area contributed by atoms with Crippen LogP contribution in [0.3, 0.4) is 0 Å². The molecule has 0 N–H and O–H groups in total. The zero-order valence-electron chi connectivity index (χ0n) is 14.8. The smallest absolute Gasteiger partial charge is 0.157 e. The summed E-state index contributed by atoms with van der Waals surface area (Å²) in [7, 11) is 0. The monoisotopic (exact) mass is 386 g/mol. The van der Waals surface area contributed by atoms with Crippen molar-refractivity contribution < 1.29 is 9.47 Å². The molecule has 1 heterocycles. The third kappa shape index (κ3) is 14.0. The average Bonchev–Trinajstić information content (AvgIpc) is 2.59. The Bertz CT molecular complexity index is 302. The number of hydrogen-bond donors (Lipinski definition) is 0. The summed E-state index contributed by atoms with van der Waals surface area (Å²) in [6, 6.07) is 0. The van der Waals surface area contributed by atoms with Crippen LogP contribution in [0.5, 0.6) is 0 Å². The highest BCUT2D eigenvalue weighted by Crippen LogP contribution is 2.14. The highest BCUT2D eigenvalue weighted by Gasteiger charge is 2.13. The SMILES string of the molecule is BrCCCCCC#CCCCCCCCCOC1CCCCO1. The molecule has 0 amide bonds. The Morgan fingerprint density at radius 2 is 1.48 bits per heavy atom. The molecule has 1 aliphatic rings. The molecule has 1 aliphatic heterocycles. The van der Waals surface area contributed by atoms with Gasteiger partial charge in [-0.3, -0.25) is 0 Å². The van der Waals surface area contributed by atoms with Crippen molar-refractivity contribution in [3.8, 4) is 11.8 Å². The molecular weight excluding hydrogens is 352 g/mol. The summed E-state index contributed by atoms with van der Waals surface area (Å²) >= 11 is 3.46. The van der Waals surface area contributed by atoms with Crippen LogP contribution in [0.4, 0.5) is 0 Å². The minimum absolute atomic E-state index is 0.0850. The summed E-state index contributed by atoms with van der Waals surface area (Å²) in [5.41, 5.74) is 0. The van der Waals surface area contributed by atoms with Crippen molar-refractivity contribution in [2.45, 2.75) is 96.2 Å². The predicted octanol–water partition coefficient (Wildman–Crippen LogP) is 6.22. The minimum atomic E-state index is 0.0850. The summed E-state index contributed by atoms with van der Waals surface area (Å²) in [5, 5.41) is 1.13. The third-order valence-corrected chi connectivity index (χ3v) is 4.76. The van der Waals surface area contributed by atoms with Crippen molar-refractivity contribution >= 4 is 15.9 Å². The van der Waals surface area contributed by atoms with Gasteiger partial charge in [0.2, 0.25) is 0 Å². The quantitative estimate of drug-likeness (QED) is 0.212. The van der Waals surface area contributed by atoms with Crippen molar-refractivity contribution in [3.05, 3.63) is 0 Å². The number of unbranched alkanes of at least 4 members (excludes halogenated alkanes) is 9. The van der Waals surface area contributed by atoms with Crippen LogP contribution in [0.1, 0.15) is 89.9 Å². The first-order chi connectivity index (χ1) is 11.4. The van der Waals surface area contributed by atoms with E-state index in [0.717, 1.165) is 37.8 Å². The van der Waals surface area contributed by atoms with Crippen LogP contribution in [0.15, 0.2) is 0 Å². The van der Waals surface area contributed by atoms with Crippen molar-refractivity contribution in [1.82, 2.24) is 0 Å². The predicted molar refractivity (Wildman–Crippen MR) is 102 cm³/mol. The Morgan fingerprint density at radius 1 is 0.826 bits per heavy atom. The molecule has 0 aromatic rings. The highest BCUT2D eigenvalue weighted by molar-refractivity contribution is 9.09. The van der Waals surface area contributed by atoms with E-state index >= 15 is 0 Å². The standard InChI is InChI=1S/C20H35BrO2/c21-17-13-10-8-6-4-2-1-3-5-7-9-11-14-18-22-20-16-12-15-19-23-20/h20H,1,3,5-19H2. The number of ether oxygens (including phenoxy) is 2. The lowest BCUT2D eigenvalue weighted by Crippen LogP contribution is -2.22. The average molecular weight is 387 g/mol. The molecule has 1 fully saturated rings. The van der Waals surface area contributed by atoms with Crippen LogP contribution in [-0.2, 0) is 9.47 Å². The highest BCUT2D eigenvalue weighted by atomic mass is 79.9. The number of hydrogen-bond acceptors (Lipinski definition) is 2. The summed E-state index contributed by atoms with van der Waals surface area (Å²) in [6.07, 6.45) is 17.3. The second-order valence-electron chi connectivity index (χ2n) is 6.39. The molecule has 0 spiro atoms. The summed E-state index contributed by atoms with van der Waals surface area (Å²) in [4.78, 5) is 0. The van der Waals surface area contributed by atoms with Gasteiger partial charge in [-0.1, -0.05) is 48.0 Å². The molecule has 1 saturated heterocycles. The van der Waals surface area contributed by atoms with Crippen LogP contribution in [0.2, 0.25) is 0 Å². The fourth-order valence-electron chi connectivity index (χ4n) is 2.74. The van der Waals surface area contributed by atoms with Gasteiger partial charge >= 0.3 is 0 Å². The van der Waals surface area contributed by atoms with Crippen molar-refractivity contribution in [2.24, 2.45) is 0 Å². The fourth-order valence-corrected chi connectivity index (χ4v) is 3.14. The molecule has 0 saturated carbocycles. The van der Waals surface area contributed by atoms with Gasteiger partial charge in [0.15, 0.2) is 6.29 Å². The van der Waals surface area contributed by atoms with Crippen LogP contribution >= 0.6 is 15.9 Å². The van der Waals surface area contributed by atoms with E-state index in [-0.39, 0.29) is 6.29 Å². The number of rotatable bonds is 13. The van der Waals surface area contributed by atoms with Gasteiger partial charge in [0.05, 0.1) is 0 Å². The number of alkyl halides is 1. The Kier molecular flexibility index (Phi) is 15.3. The molecule has 0 aromatic carbocycles. The van der Waals surface area contributed by atoms with Gasteiger partial charge in [-0.2, -0.15) is 0 Å². The van der Waals surface area contributed by atoms with Crippen molar-refractivity contribution in [3.63, 3.8) is 0 Å². The van der Waals surface area contributed by atoms with Crippen LogP contribution in [0.25, 0.3) is 0 Å². The van der Waals surface area contributed by atoms with E-state index in [9.17, 15) is 0 Å². The maximum atomic E-state index is 5.75. The Hall–Kier alpha value is -0.0400. The second-order valence-corrected chi connectivity index (χ2v) is 7.18. The Balaban J connectivity index is 1.73. The van der Waals surface area contributed by atoms with Crippen molar-refractivity contribution in [2.75, 3.05) is 18.5 Å². The van der Waals surface area contributed by atoms with Gasteiger partial charge in [-0.25, -0.2) is 0 Å². The van der Waals surface area contributed by atoms with Crippen molar-refractivity contribution in [1.29, 1.82) is 0 Å². The molecule has 134 valence electrons. The Labute approximate surface area is 152 Å². The van der Waals surface area contributed by atoms with Crippen LogP contribution in [-0.4, -0.2) is 24.8 Å². The molecule has 0 radical (unpaired) electrons. The Morgan fingerprint density at radius 3 is 2.13 bits per heavy atom. The van der Waals surface area contributed by atoms with Gasteiger partial charge < -0.3 is 9.47 Å². The topological polar surface area (TPSA) is 18.5 Å². The molecular formula is C20H35BrO2. The van der Waals surface area contributed by atoms with Gasteiger partial charge in [0.1, 0.15) is 0 Å². The van der Waals surface area contributed by atoms with E-state index in [1.54, 1.807) is 0 Å². The third-order valence-electron chi connectivity index (χ3n) is 4.20. The molecule has 0 bridgehead atoms. The fraction of sp³-hybridized carbons (Fsp3) is 0.900. The van der Waals surface area contributed by atoms with Crippen LogP contribution < -0.4 is 0 Å². The largest absolute Gasteiger partial charge is 0.353 e. The molecule has 0 aromatic heterocycles. The van der Waals surface area contributed by atoms with E-state index < -0.39 is 0 Å². The first-order valence-electron chi connectivity index (χ1n) is 9.68. The van der Waals surface area contributed by atoms with E-state index in [1.165, 1.54) is 70.6 Å². The van der Waals surface area contributed by atoms with Gasteiger partial charge in [-0.15, -0.1) is 11.8 Å². The zero-order chi connectivity index (χ0) is 16.4. The lowest BCUT2D eigenvalue weighted by Gasteiger charge is -2.22. The number of halogens is 1. The van der Waals surface area contributed by atoms with Gasteiger partial charge in [0, 0.05) is 31.4 Å². The first-order valence-corrected chi connectivity index (χ1v) is 10.8. The molecule has 2 nitrogen and oxygen atoms in total. The first kappa shape index (κ1) is 21.0. The maximum Gasteiger partial charge on any atom is 0.157 e. The normalized spacial score (nSPS) is 17.7. The maximum absolute atomic E-state index is 5.75. The lowest BCUT2D eigenvalue weighted by atomic mass is 10.1. The molecule has 0 aliphatic carbocycles. The van der Waals surface area contributed by atoms with E-state index in [2.05, 4.69) is 27.8 Å². The summed E-state index contributed by atoms with van der Waals surface area (Å²) < 4.78 is 11.3. The minimum Gasteiger partial charge on any atom is -0.353 e. The molecule has 1 unspecified atom stereocenters. The van der Waals surface area contributed by atoms with E-state index in [0.29, 0.717) is 0 Å². The zero-order valence-corrected chi connectivity index (χ0v) is 16.4. The lowest BCUT2D eigenvalue weighted by molar-refractivity contribution is -0.162. The van der Waals surface area contributed by atoms with Gasteiger partial charge in [-0.05, 0) is 44.9 Å². The summed E-state index contributed by atoms with van der Waals surface area (Å²) in [6.45, 7) is 1.75. The van der Waals surface area contributed by atoms with Crippen LogP contribution in [0, 0.1) is 11.8 Å². The molecule has 1 rings (SSSR count). The second kappa shape index (κ2) is 16.8. The van der Waals surface area contributed by atoms with E-state index in [1.807, 2.05) is 0 Å². The molecule has 23 heavy (non-hydrogen) atoms. The van der Waals surface area contributed by atoms with E-state index in [4.69, 9.17) is 9.47 Å². The summed E-state index contributed by atoms with van der Waals surface area (Å²) in [5.74, 6) is 6.61. The molecule has 3 heteroatoms.